The Bertz CT molecular complexity index is 1050. The molecular formula is C17H13ClO4S2. The van der Waals surface area contributed by atoms with E-state index < -0.39 is 15.8 Å². The fraction of sp³-hybridized carbons (Fsp3) is 0.118. The van der Waals surface area contributed by atoms with Crippen molar-refractivity contribution in [3.05, 3.63) is 64.2 Å². The summed E-state index contributed by atoms with van der Waals surface area (Å²) in [6.07, 6.45) is 0. The van der Waals surface area contributed by atoms with E-state index in [9.17, 15) is 13.2 Å². The first-order chi connectivity index (χ1) is 11.3. The van der Waals surface area contributed by atoms with Crippen LogP contribution >= 0.6 is 22.9 Å². The molecule has 24 heavy (non-hydrogen) atoms. The Labute approximate surface area is 148 Å². The maximum Gasteiger partial charge on any atom is 0.335 e. The lowest BCUT2D eigenvalue weighted by atomic mass is 10.1. The van der Waals surface area contributed by atoms with Crippen molar-refractivity contribution in [1.82, 2.24) is 0 Å². The lowest BCUT2D eigenvalue weighted by molar-refractivity contribution is 0.0696. The predicted octanol–water partition coefficient (Wildman–Crippen LogP) is 4.54. The molecule has 0 aliphatic heterocycles. The molecule has 0 aliphatic rings. The SMILES string of the molecule is Cc1c(S(=O)(=O)Cc2cccc(C(=O)O)c2)sc2c(Cl)cccc12. The third-order valence-electron chi connectivity index (χ3n) is 3.69. The second-order valence-corrected chi connectivity index (χ2v) is 9.01. The Kier molecular flexibility index (Phi) is 4.38. The first-order valence-electron chi connectivity index (χ1n) is 7.02. The van der Waals surface area contributed by atoms with Crippen LogP contribution in [-0.4, -0.2) is 19.5 Å². The second kappa shape index (κ2) is 6.20. The second-order valence-electron chi connectivity index (χ2n) is 5.40. The molecule has 0 saturated heterocycles. The number of carboxylic acids is 1. The van der Waals surface area contributed by atoms with E-state index in [4.69, 9.17) is 16.7 Å². The van der Waals surface area contributed by atoms with Crippen LogP contribution in [0.15, 0.2) is 46.7 Å². The van der Waals surface area contributed by atoms with Gasteiger partial charge in [0.15, 0.2) is 9.84 Å². The molecule has 0 saturated carbocycles. The smallest absolute Gasteiger partial charge is 0.335 e. The number of benzene rings is 2. The number of aryl methyl sites for hydroxylation is 1. The highest BCUT2D eigenvalue weighted by Crippen LogP contribution is 2.39. The summed E-state index contributed by atoms with van der Waals surface area (Å²) in [5, 5.41) is 10.4. The molecular weight excluding hydrogens is 368 g/mol. The van der Waals surface area contributed by atoms with E-state index in [1.165, 1.54) is 12.1 Å². The van der Waals surface area contributed by atoms with Crippen molar-refractivity contribution in [3.8, 4) is 0 Å². The molecule has 0 amide bonds. The number of hydrogen-bond donors (Lipinski definition) is 1. The molecule has 0 aliphatic carbocycles. The van der Waals surface area contributed by atoms with E-state index in [0.29, 0.717) is 16.1 Å². The van der Waals surface area contributed by atoms with Crippen LogP contribution in [-0.2, 0) is 15.6 Å². The summed E-state index contributed by atoms with van der Waals surface area (Å²) in [4.78, 5) is 11.0. The minimum atomic E-state index is -3.60. The highest BCUT2D eigenvalue weighted by molar-refractivity contribution is 7.93. The molecule has 0 spiro atoms. The molecule has 0 atom stereocenters. The Balaban J connectivity index is 2.06. The number of carboxylic acid groups (broad SMARTS) is 1. The van der Waals surface area contributed by atoms with Crippen LogP contribution in [0.4, 0.5) is 0 Å². The number of rotatable bonds is 4. The number of aromatic carboxylic acids is 1. The zero-order valence-electron chi connectivity index (χ0n) is 12.6. The van der Waals surface area contributed by atoms with Gasteiger partial charge in [-0.2, -0.15) is 0 Å². The maximum atomic E-state index is 12.8. The summed E-state index contributed by atoms with van der Waals surface area (Å²) in [6.45, 7) is 1.76. The van der Waals surface area contributed by atoms with E-state index in [1.54, 1.807) is 31.2 Å². The average Bonchev–Trinajstić information content (AvgIpc) is 2.87. The zero-order chi connectivity index (χ0) is 17.5. The van der Waals surface area contributed by atoms with Crippen molar-refractivity contribution in [2.24, 2.45) is 0 Å². The maximum absolute atomic E-state index is 12.8. The van der Waals surface area contributed by atoms with Crippen LogP contribution < -0.4 is 0 Å². The van der Waals surface area contributed by atoms with E-state index in [2.05, 4.69) is 0 Å². The number of carbonyl (C=O) groups is 1. The van der Waals surface area contributed by atoms with Gasteiger partial charge in [0.05, 0.1) is 21.0 Å². The largest absolute Gasteiger partial charge is 0.478 e. The summed E-state index contributed by atoms with van der Waals surface area (Å²) in [5.41, 5.74) is 1.18. The van der Waals surface area contributed by atoms with Crippen molar-refractivity contribution in [3.63, 3.8) is 0 Å². The van der Waals surface area contributed by atoms with Crippen molar-refractivity contribution in [2.75, 3.05) is 0 Å². The predicted molar refractivity (Wildman–Crippen MR) is 95.9 cm³/mol. The van der Waals surface area contributed by atoms with Crippen LogP contribution in [0, 0.1) is 6.92 Å². The van der Waals surface area contributed by atoms with E-state index >= 15 is 0 Å². The Morgan fingerprint density at radius 1 is 1.21 bits per heavy atom. The number of thiophene rings is 1. The van der Waals surface area contributed by atoms with E-state index in [0.717, 1.165) is 21.4 Å². The molecule has 3 rings (SSSR count). The molecule has 0 fully saturated rings. The summed E-state index contributed by atoms with van der Waals surface area (Å²) < 4.78 is 26.6. The van der Waals surface area contributed by atoms with Crippen LogP contribution in [0.1, 0.15) is 21.5 Å². The minimum absolute atomic E-state index is 0.0683. The fourth-order valence-electron chi connectivity index (χ4n) is 2.56. The van der Waals surface area contributed by atoms with Crippen LogP contribution in [0.2, 0.25) is 5.02 Å². The standard InChI is InChI=1S/C17H13ClO4S2/c1-10-13-6-3-7-14(18)15(13)23-17(10)24(21,22)9-11-4-2-5-12(8-11)16(19)20/h2-8H,9H2,1H3,(H,19,20). The van der Waals surface area contributed by atoms with Gasteiger partial charge in [0, 0.05) is 0 Å². The minimum Gasteiger partial charge on any atom is -0.478 e. The molecule has 7 heteroatoms. The van der Waals surface area contributed by atoms with Gasteiger partial charge in [-0.05, 0) is 41.6 Å². The van der Waals surface area contributed by atoms with Crippen molar-refractivity contribution in [2.45, 2.75) is 16.9 Å². The summed E-state index contributed by atoms with van der Waals surface area (Å²) in [7, 11) is -3.60. The molecule has 2 aromatic carbocycles. The van der Waals surface area contributed by atoms with Gasteiger partial charge >= 0.3 is 5.97 Å². The van der Waals surface area contributed by atoms with Crippen molar-refractivity contribution in [1.29, 1.82) is 0 Å². The first kappa shape index (κ1) is 17.0. The number of sulfone groups is 1. The van der Waals surface area contributed by atoms with Gasteiger partial charge in [-0.15, -0.1) is 11.3 Å². The van der Waals surface area contributed by atoms with Gasteiger partial charge in [0.2, 0.25) is 0 Å². The normalized spacial score (nSPS) is 11.8. The first-order valence-corrected chi connectivity index (χ1v) is 9.87. The fourth-order valence-corrected chi connectivity index (χ4v) is 6.06. The number of fused-ring (bicyclic) bond motifs is 1. The van der Waals surface area contributed by atoms with Crippen molar-refractivity contribution >= 4 is 48.8 Å². The molecule has 0 bridgehead atoms. The molecule has 1 aromatic heterocycles. The molecule has 0 unspecified atom stereocenters. The monoisotopic (exact) mass is 380 g/mol. The molecule has 4 nitrogen and oxygen atoms in total. The Hall–Kier alpha value is -1.89. The Morgan fingerprint density at radius 2 is 1.92 bits per heavy atom. The van der Waals surface area contributed by atoms with Crippen molar-refractivity contribution < 1.29 is 18.3 Å². The highest BCUT2D eigenvalue weighted by atomic mass is 35.5. The molecule has 124 valence electrons. The van der Waals surface area contributed by atoms with Gasteiger partial charge in [0.25, 0.3) is 0 Å². The van der Waals surface area contributed by atoms with Crippen LogP contribution in [0.25, 0.3) is 10.1 Å². The van der Waals surface area contributed by atoms with Gasteiger partial charge in [-0.1, -0.05) is 35.9 Å². The van der Waals surface area contributed by atoms with Gasteiger partial charge in [0.1, 0.15) is 4.21 Å². The average molecular weight is 381 g/mol. The van der Waals surface area contributed by atoms with E-state index in [1.807, 2.05) is 6.07 Å². The summed E-state index contributed by atoms with van der Waals surface area (Å²) in [5.74, 6) is -1.33. The Morgan fingerprint density at radius 3 is 2.58 bits per heavy atom. The lowest BCUT2D eigenvalue weighted by Gasteiger charge is -2.05. The van der Waals surface area contributed by atoms with E-state index in [-0.39, 0.29) is 15.5 Å². The number of hydrogen-bond acceptors (Lipinski definition) is 4. The van der Waals surface area contributed by atoms with Crippen LogP contribution in [0.5, 0.6) is 0 Å². The lowest BCUT2D eigenvalue weighted by Crippen LogP contribution is -2.06. The quantitative estimate of drug-likeness (QED) is 0.721. The van der Waals surface area contributed by atoms with Gasteiger partial charge in [-0.3, -0.25) is 0 Å². The molecule has 1 N–H and O–H groups in total. The molecule has 3 aromatic rings. The molecule has 1 heterocycles. The summed E-state index contributed by atoms with van der Waals surface area (Å²) >= 11 is 7.31. The highest BCUT2D eigenvalue weighted by Gasteiger charge is 2.23. The topological polar surface area (TPSA) is 71.4 Å². The van der Waals surface area contributed by atoms with Gasteiger partial charge in [-0.25, -0.2) is 13.2 Å². The number of halogens is 1. The molecule has 0 radical (unpaired) electrons. The third kappa shape index (κ3) is 3.05. The van der Waals surface area contributed by atoms with Crippen LogP contribution in [0.3, 0.4) is 0 Å². The third-order valence-corrected chi connectivity index (χ3v) is 7.84. The van der Waals surface area contributed by atoms with Gasteiger partial charge < -0.3 is 5.11 Å². The zero-order valence-corrected chi connectivity index (χ0v) is 15.0. The summed E-state index contributed by atoms with van der Waals surface area (Å²) in [6, 6.07) is 11.3.